The first-order valence-electron chi connectivity index (χ1n) is 14.2. The predicted molar refractivity (Wildman–Crippen MR) is 159 cm³/mol. The Morgan fingerprint density at radius 3 is 2.62 bits per heavy atom. The zero-order chi connectivity index (χ0) is 27.5. The Morgan fingerprint density at radius 2 is 1.80 bits per heavy atom. The van der Waals surface area contributed by atoms with Gasteiger partial charge < -0.3 is 24.7 Å². The number of halogens is 1. The first kappa shape index (κ1) is 27.2. The van der Waals surface area contributed by atoms with E-state index in [4.69, 9.17) is 16.3 Å². The fourth-order valence-corrected chi connectivity index (χ4v) is 6.01. The van der Waals surface area contributed by atoms with Crippen LogP contribution in [0.3, 0.4) is 0 Å². The van der Waals surface area contributed by atoms with E-state index in [2.05, 4.69) is 37.0 Å². The molecule has 2 aromatic carbocycles. The molecule has 0 bridgehead atoms. The maximum absolute atomic E-state index is 13.8. The summed E-state index contributed by atoms with van der Waals surface area (Å²) in [6, 6.07) is 13.7. The van der Waals surface area contributed by atoms with E-state index in [1.807, 2.05) is 18.2 Å². The summed E-state index contributed by atoms with van der Waals surface area (Å²) < 4.78 is 7.60. The Hall–Kier alpha value is -3.01. The van der Waals surface area contributed by atoms with Crippen molar-refractivity contribution in [2.45, 2.75) is 25.9 Å². The van der Waals surface area contributed by atoms with Gasteiger partial charge in [-0.1, -0.05) is 23.7 Å². The minimum Gasteiger partial charge on any atom is -0.379 e. The van der Waals surface area contributed by atoms with E-state index >= 15 is 0 Å². The quantitative estimate of drug-likeness (QED) is 0.344. The molecule has 9 heteroatoms. The standard InChI is InChI=1S/C31H36ClN5O3/c32-25-4-2-22(3-5-25)19-34-31(39)28-21-37-26(6-10-35-9-1-7-33-8-11-35)18-24-16-23(17-27(29(24)37)30(28)38)20-36-12-14-40-15-13-36/h2-5,16-18,21,33H,1,6-15,19-20H2,(H,34,39). The van der Waals surface area contributed by atoms with Crippen molar-refractivity contribution in [3.05, 3.63) is 86.3 Å². The van der Waals surface area contributed by atoms with E-state index in [9.17, 15) is 9.59 Å². The van der Waals surface area contributed by atoms with Crippen LogP contribution in [0.2, 0.25) is 5.02 Å². The highest BCUT2D eigenvalue weighted by atomic mass is 35.5. The number of morpholine rings is 1. The Balaban J connectivity index is 1.34. The lowest BCUT2D eigenvalue weighted by atomic mass is 10.0. The number of carbonyl (C=O) groups excluding carboxylic acids is 1. The van der Waals surface area contributed by atoms with E-state index in [1.54, 1.807) is 18.3 Å². The first-order chi connectivity index (χ1) is 19.5. The minimum absolute atomic E-state index is 0.169. The Morgan fingerprint density at radius 1 is 0.975 bits per heavy atom. The summed E-state index contributed by atoms with van der Waals surface area (Å²) in [5.74, 6) is -0.365. The van der Waals surface area contributed by atoms with Crippen LogP contribution in [0.5, 0.6) is 0 Å². The monoisotopic (exact) mass is 561 g/mol. The molecule has 4 heterocycles. The number of nitrogens with zero attached hydrogens (tertiary/aromatic N) is 3. The van der Waals surface area contributed by atoms with E-state index in [0.29, 0.717) is 17.0 Å². The van der Waals surface area contributed by atoms with Gasteiger partial charge >= 0.3 is 0 Å². The van der Waals surface area contributed by atoms with Gasteiger partial charge in [0.25, 0.3) is 5.91 Å². The lowest BCUT2D eigenvalue weighted by molar-refractivity contribution is 0.0342. The molecule has 2 aliphatic rings. The van der Waals surface area contributed by atoms with Crippen molar-refractivity contribution < 1.29 is 9.53 Å². The molecule has 8 nitrogen and oxygen atoms in total. The molecule has 2 fully saturated rings. The van der Waals surface area contributed by atoms with Crippen LogP contribution < -0.4 is 16.1 Å². The van der Waals surface area contributed by atoms with E-state index in [-0.39, 0.29) is 16.9 Å². The molecular weight excluding hydrogens is 526 g/mol. The van der Waals surface area contributed by atoms with Crippen molar-refractivity contribution in [3.63, 3.8) is 0 Å². The van der Waals surface area contributed by atoms with Crippen LogP contribution in [0, 0.1) is 0 Å². The summed E-state index contributed by atoms with van der Waals surface area (Å²) in [7, 11) is 0. The van der Waals surface area contributed by atoms with E-state index in [0.717, 1.165) is 106 Å². The molecule has 2 aliphatic heterocycles. The predicted octanol–water partition coefficient (Wildman–Crippen LogP) is 3.14. The van der Waals surface area contributed by atoms with Crippen molar-refractivity contribution in [2.75, 3.05) is 59.0 Å². The SMILES string of the molecule is O=C(NCc1ccc(Cl)cc1)c1cn2c(CCN3CCCNCC3)cc3cc(CN4CCOCC4)cc(c1=O)c32. The second kappa shape index (κ2) is 12.2. The van der Waals surface area contributed by atoms with Crippen LogP contribution in [0.25, 0.3) is 16.3 Å². The molecule has 210 valence electrons. The van der Waals surface area contributed by atoms with E-state index in [1.165, 1.54) is 0 Å². The van der Waals surface area contributed by atoms with E-state index < -0.39 is 0 Å². The number of hydrogen-bond donors (Lipinski definition) is 2. The largest absolute Gasteiger partial charge is 0.379 e. The molecule has 0 atom stereocenters. The van der Waals surface area contributed by atoms with Gasteiger partial charge in [-0.15, -0.1) is 0 Å². The number of benzene rings is 2. The van der Waals surface area contributed by atoms with Gasteiger partial charge in [0, 0.05) is 79.9 Å². The summed E-state index contributed by atoms with van der Waals surface area (Å²) in [5, 5.41) is 8.71. The van der Waals surface area contributed by atoms with Crippen LogP contribution >= 0.6 is 11.6 Å². The molecule has 1 amide bonds. The molecule has 2 N–H and O–H groups in total. The number of rotatable bonds is 8. The van der Waals surface area contributed by atoms with Crippen LogP contribution in [-0.4, -0.2) is 79.1 Å². The molecule has 0 unspecified atom stereocenters. The third kappa shape index (κ3) is 6.01. The topological polar surface area (TPSA) is 78.3 Å². The first-order valence-corrected chi connectivity index (χ1v) is 14.6. The average Bonchev–Trinajstić information content (AvgIpc) is 3.12. The van der Waals surface area contributed by atoms with Crippen molar-refractivity contribution in [1.82, 2.24) is 24.8 Å². The molecule has 40 heavy (non-hydrogen) atoms. The molecule has 2 aromatic heterocycles. The second-order valence-corrected chi connectivity index (χ2v) is 11.3. The van der Waals surface area contributed by atoms with Crippen molar-refractivity contribution >= 4 is 33.8 Å². The van der Waals surface area contributed by atoms with Crippen molar-refractivity contribution in [1.29, 1.82) is 0 Å². The van der Waals surface area contributed by atoms with Gasteiger partial charge in [0.1, 0.15) is 5.56 Å². The van der Waals surface area contributed by atoms with Gasteiger partial charge in [0.2, 0.25) is 5.43 Å². The third-order valence-electron chi connectivity index (χ3n) is 8.06. The summed E-state index contributed by atoms with van der Waals surface area (Å²) in [6.07, 6.45) is 3.73. The van der Waals surface area contributed by atoms with Gasteiger partial charge in [-0.05, 0) is 61.0 Å². The number of amides is 1. The molecular formula is C31H36ClN5O3. The highest BCUT2D eigenvalue weighted by Gasteiger charge is 2.21. The number of hydrogen-bond acceptors (Lipinski definition) is 6. The Labute approximate surface area is 239 Å². The second-order valence-electron chi connectivity index (χ2n) is 10.9. The van der Waals surface area contributed by atoms with Crippen LogP contribution in [-0.2, 0) is 24.2 Å². The van der Waals surface area contributed by atoms with Crippen LogP contribution in [0.15, 0.2) is 53.5 Å². The number of nitrogens with one attached hydrogen (secondary N) is 2. The van der Waals surface area contributed by atoms with Gasteiger partial charge in [-0.25, -0.2) is 0 Å². The van der Waals surface area contributed by atoms with Crippen LogP contribution in [0.4, 0.5) is 0 Å². The number of aromatic nitrogens is 1. The smallest absolute Gasteiger partial charge is 0.257 e. The molecule has 0 saturated carbocycles. The molecule has 0 spiro atoms. The van der Waals surface area contributed by atoms with Gasteiger partial charge in [-0.3, -0.25) is 14.5 Å². The Bertz CT molecular complexity index is 1520. The summed E-state index contributed by atoms with van der Waals surface area (Å²) in [5.41, 5.74) is 3.97. The number of pyridine rings is 1. The van der Waals surface area contributed by atoms with Gasteiger partial charge in [0.05, 0.1) is 18.7 Å². The normalized spacial score (nSPS) is 17.4. The highest BCUT2D eigenvalue weighted by Crippen LogP contribution is 2.27. The zero-order valence-electron chi connectivity index (χ0n) is 22.8. The lowest BCUT2D eigenvalue weighted by Gasteiger charge is -2.26. The zero-order valence-corrected chi connectivity index (χ0v) is 23.5. The molecule has 0 aliphatic carbocycles. The number of carbonyl (C=O) groups is 1. The highest BCUT2D eigenvalue weighted by molar-refractivity contribution is 6.30. The maximum Gasteiger partial charge on any atom is 0.257 e. The lowest BCUT2D eigenvalue weighted by Crippen LogP contribution is -2.35. The minimum atomic E-state index is -0.365. The number of ether oxygens (including phenoxy) is 1. The average molecular weight is 562 g/mol. The Kier molecular flexibility index (Phi) is 8.32. The fraction of sp³-hybridized carbons (Fsp3) is 0.419. The fourth-order valence-electron chi connectivity index (χ4n) is 5.88. The molecule has 6 rings (SSSR count). The van der Waals surface area contributed by atoms with Crippen molar-refractivity contribution in [2.24, 2.45) is 0 Å². The molecule has 2 saturated heterocycles. The van der Waals surface area contributed by atoms with Gasteiger partial charge in [-0.2, -0.15) is 0 Å². The maximum atomic E-state index is 13.8. The third-order valence-corrected chi connectivity index (χ3v) is 8.31. The summed E-state index contributed by atoms with van der Waals surface area (Å²) in [4.78, 5) is 32.0. The van der Waals surface area contributed by atoms with Crippen LogP contribution in [0.1, 0.15) is 33.6 Å². The summed E-state index contributed by atoms with van der Waals surface area (Å²) in [6.45, 7) is 9.38. The molecule has 4 aromatic rings. The molecule has 0 radical (unpaired) electrons. The van der Waals surface area contributed by atoms with Crippen molar-refractivity contribution in [3.8, 4) is 0 Å². The summed E-state index contributed by atoms with van der Waals surface area (Å²) >= 11 is 6.00. The van der Waals surface area contributed by atoms with Gasteiger partial charge in [0.15, 0.2) is 0 Å².